The van der Waals surface area contributed by atoms with Gasteiger partial charge in [-0.1, -0.05) is 28.8 Å². The lowest BCUT2D eigenvalue weighted by atomic mass is 10.1. The summed E-state index contributed by atoms with van der Waals surface area (Å²) in [6, 6.07) is 5.32. The number of Topliss-reactive ketones (excluding diaryl/α,β-unsaturated/α-hetero) is 1. The number of benzene rings is 1. The summed E-state index contributed by atoms with van der Waals surface area (Å²) >= 11 is 8.99. The summed E-state index contributed by atoms with van der Waals surface area (Å²) in [6.07, 6.45) is 3.97. The topological polar surface area (TPSA) is 37.4 Å². The Morgan fingerprint density at radius 1 is 1.11 bits per heavy atom. The molecule has 0 saturated heterocycles. The first-order valence-corrected chi connectivity index (χ1v) is 7.69. The fourth-order valence-corrected chi connectivity index (χ4v) is 2.75. The maximum Gasteiger partial charge on any atom is 0.299 e. The molecule has 0 spiro atoms. The average Bonchev–Trinajstić information content (AvgIpc) is 2.63. The van der Waals surface area contributed by atoms with Gasteiger partial charge in [-0.3, -0.25) is 9.59 Å². The average molecular weight is 345 g/mol. The lowest BCUT2D eigenvalue weighted by Crippen LogP contribution is -2.30. The van der Waals surface area contributed by atoms with Crippen LogP contribution in [0.3, 0.4) is 0 Å². The number of carbonyl (C=O) groups is 2. The first-order valence-electron chi connectivity index (χ1n) is 6.37. The van der Waals surface area contributed by atoms with Gasteiger partial charge in [-0.25, -0.2) is 0 Å². The highest BCUT2D eigenvalue weighted by atomic mass is 79.9. The minimum atomic E-state index is -0.412. The molecule has 1 aliphatic rings. The Balaban J connectivity index is 2.04. The Kier molecular flexibility index (Phi) is 4.99. The molecule has 0 radical (unpaired) electrons. The number of ketones is 1. The normalized spacial score (nSPS) is 14.1. The minimum absolute atomic E-state index is 0.400. The molecule has 0 atom stereocenters. The number of unbranched alkanes of at least 4 members (excludes halogenated alkanes) is 3. The van der Waals surface area contributed by atoms with E-state index >= 15 is 0 Å². The van der Waals surface area contributed by atoms with E-state index in [1.54, 1.807) is 17.0 Å². The standard InChI is InChI=1S/C14H15BrClNO2/c15-10-5-6-11-12(9-10)17(14(19)13(11)18)8-4-2-1-3-7-16/h5-6,9H,1-4,7-8H2. The predicted octanol–water partition coefficient (Wildman–Crippen LogP) is 3.78. The largest absolute Gasteiger partial charge is 0.305 e. The van der Waals surface area contributed by atoms with Crippen molar-refractivity contribution in [1.29, 1.82) is 0 Å². The third-order valence-electron chi connectivity index (χ3n) is 3.20. The van der Waals surface area contributed by atoms with E-state index in [0.717, 1.165) is 35.8 Å². The van der Waals surface area contributed by atoms with E-state index in [2.05, 4.69) is 15.9 Å². The molecule has 3 nitrogen and oxygen atoms in total. The van der Waals surface area contributed by atoms with Gasteiger partial charge in [-0.15, -0.1) is 11.6 Å². The van der Waals surface area contributed by atoms with Crippen molar-refractivity contribution in [2.24, 2.45) is 0 Å². The monoisotopic (exact) mass is 343 g/mol. The molecule has 0 bridgehead atoms. The van der Waals surface area contributed by atoms with Gasteiger partial charge >= 0.3 is 0 Å². The Morgan fingerprint density at radius 2 is 1.84 bits per heavy atom. The molecular weight excluding hydrogens is 330 g/mol. The summed E-state index contributed by atoms with van der Waals surface area (Å²) in [5, 5.41) is 0. The molecule has 0 saturated carbocycles. The van der Waals surface area contributed by atoms with E-state index in [-0.39, 0.29) is 0 Å². The Labute approximate surface area is 126 Å². The van der Waals surface area contributed by atoms with Crippen LogP contribution in [0.15, 0.2) is 22.7 Å². The van der Waals surface area contributed by atoms with Gasteiger partial charge in [0.2, 0.25) is 0 Å². The summed E-state index contributed by atoms with van der Waals surface area (Å²) in [5.41, 5.74) is 1.23. The van der Waals surface area contributed by atoms with Crippen LogP contribution < -0.4 is 4.90 Å². The molecule has 1 heterocycles. The second-order valence-corrected chi connectivity index (χ2v) is 5.84. The van der Waals surface area contributed by atoms with Crippen molar-refractivity contribution in [1.82, 2.24) is 0 Å². The number of anilines is 1. The number of nitrogens with zero attached hydrogens (tertiary/aromatic N) is 1. The number of alkyl halides is 1. The predicted molar refractivity (Wildman–Crippen MR) is 80.0 cm³/mol. The smallest absolute Gasteiger partial charge is 0.299 e. The highest BCUT2D eigenvalue weighted by Gasteiger charge is 2.35. The van der Waals surface area contributed by atoms with Crippen LogP contribution in [0, 0.1) is 0 Å². The lowest BCUT2D eigenvalue weighted by molar-refractivity contribution is -0.114. The van der Waals surface area contributed by atoms with Gasteiger partial charge in [0.1, 0.15) is 0 Å². The van der Waals surface area contributed by atoms with Crippen molar-refractivity contribution < 1.29 is 9.59 Å². The highest BCUT2D eigenvalue weighted by molar-refractivity contribution is 9.10. The fourth-order valence-electron chi connectivity index (χ4n) is 2.21. The molecule has 0 unspecified atom stereocenters. The number of hydrogen-bond donors (Lipinski definition) is 0. The lowest BCUT2D eigenvalue weighted by Gasteiger charge is -2.16. The maximum absolute atomic E-state index is 11.9. The summed E-state index contributed by atoms with van der Waals surface area (Å²) in [6.45, 7) is 0.594. The molecule has 0 fully saturated rings. The molecule has 2 rings (SSSR count). The number of carbonyl (C=O) groups excluding carboxylic acids is 2. The molecule has 1 amide bonds. The van der Waals surface area contributed by atoms with Gasteiger partial charge < -0.3 is 4.90 Å². The SMILES string of the molecule is O=C1C(=O)N(CCCCCCCl)c2cc(Br)ccc21. The van der Waals surface area contributed by atoms with Crippen LogP contribution in [0.5, 0.6) is 0 Å². The van der Waals surface area contributed by atoms with Crippen LogP contribution in [0.4, 0.5) is 5.69 Å². The Hall–Kier alpha value is -0.870. The first-order chi connectivity index (χ1) is 9.15. The molecule has 102 valence electrons. The van der Waals surface area contributed by atoms with Crippen molar-refractivity contribution in [2.75, 3.05) is 17.3 Å². The van der Waals surface area contributed by atoms with Gasteiger partial charge in [0.25, 0.3) is 11.7 Å². The quantitative estimate of drug-likeness (QED) is 0.447. The van der Waals surface area contributed by atoms with Crippen LogP contribution in [0.1, 0.15) is 36.0 Å². The minimum Gasteiger partial charge on any atom is -0.305 e. The van der Waals surface area contributed by atoms with Gasteiger partial charge in [0.15, 0.2) is 0 Å². The summed E-state index contributed by atoms with van der Waals surface area (Å²) in [5.74, 6) is -0.134. The number of rotatable bonds is 6. The zero-order chi connectivity index (χ0) is 13.8. The van der Waals surface area contributed by atoms with E-state index in [1.165, 1.54) is 0 Å². The molecule has 1 aromatic rings. The van der Waals surface area contributed by atoms with Crippen molar-refractivity contribution in [3.05, 3.63) is 28.2 Å². The van der Waals surface area contributed by atoms with Crippen molar-refractivity contribution in [3.63, 3.8) is 0 Å². The summed E-state index contributed by atoms with van der Waals surface area (Å²) in [4.78, 5) is 25.3. The van der Waals surface area contributed by atoms with Crippen molar-refractivity contribution in [2.45, 2.75) is 25.7 Å². The molecule has 0 N–H and O–H groups in total. The van der Waals surface area contributed by atoms with E-state index in [4.69, 9.17) is 11.6 Å². The van der Waals surface area contributed by atoms with Crippen molar-refractivity contribution in [3.8, 4) is 0 Å². The fraction of sp³-hybridized carbons (Fsp3) is 0.429. The number of amides is 1. The van der Waals surface area contributed by atoms with Crippen LogP contribution in [0.2, 0.25) is 0 Å². The Bertz CT molecular complexity index is 504. The molecule has 0 aromatic heterocycles. The maximum atomic E-state index is 11.9. The second kappa shape index (κ2) is 6.53. The highest BCUT2D eigenvalue weighted by Crippen LogP contribution is 2.31. The summed E-state index contributed by atoms with van der Waals surface area (Å²) in [7, 11) is 0. The molecule has 5 heteroatoms. The summed E-state index contributed by atoms with van der Waals surface area (Å²) < 4.78 is 0.876. The van der Waals surface area contributed by atoms with Crippen LogP contribution in [0.25, 0.3) is 0 Å². The molecular formula is C14H15BrClNO2. The van der Waals surface area contributed by atoms with Gasteiger partial charge in [0.05, 0.1) is 11.3 Å². The molecule has 0 aliphatic carbocycles. The van der Waals surface area contributed by atoms with E-state index < -0.39 is 11.7 Å². The number of hydrogen-bond acceptors (Lipinski definition) is 2. The molecule has 19 heavy (non-hydrogen) atoms. The number of halogens is 2. The first kappa shape index (κ1) is 14.5. The Morgan fingerprint density at radius 3 is 2.58 bits per heavy atom. The number of fused-ring (bicyclic) bond motifs is 1. The third kappa shape index (κ3) is 3.18. The van der Waals surface area contributed by atoms with Crippen LogP contribution in [-0.4, -0.2) is 24.1 Å². The van der Waals surface area contributed by atoms with E-state index in [9.17, 15) is 9.59 Å². The third-order valence-corrected chi connectivity index (χ3v) is 3.96. The van der Waals surface area contributed by atoms with Gasteiger partial charge in [0, 0.05) is 16.9 Å². The second-order valence-electron chi connectivity index (χ2n) is 4.55. The van der Waals surface area contributed by atoms with Crippen LogP contribution in [-0.2, 0) is 4.79 Å². The molecule has 1 aromatic carbocycles. The zero-order valence-corrected chi connectivity index (χ0v) is 12.8. The van der Waals surface area contributed by atoms with Crippen LogP contribution >= 0.6 is 27.5 Å². The molecule has 1 aliphatic heterocycles. The zero-order valence-electron chi connectivity index (χ0n) is 10.5. The van der Waals surface area contributed by atoms with Gasteiger partial charge in [-0.2, -0.15) is 0 Å². The van der Waals surface area contributed by atoms with E-state index in [0.29, 0.717) is 18.0 Å². The van der Waals surface area contributed by atoms with E-state index in [1.807, 2.05) is 6.07 Å². The van der Waals surface area contributed by atoms with Gasteiger partial charge in [-0.05, 0) is 31.0 Å². The van der Waals surface area contributed by atoms with Crippen molar-refractivity contribution >= 4 is 44.9 Å².